The van der Waals surface area contributed by atoms with Gasteiger partial charge in [0.15, 0.2) is 5.96 Å². The highest BCUT2D eigenvalue weighted by Crippen LogP contribution is 2.28. The van der Waals surface area contributed by atoms with Crippen LogP contribution in [0.15, 0.2) is 29.3 Å². The number of guanidine groups is 1. The minimum atomic E-state index is -0.489. The average molecular weight is 532 g/mol. The van der Waals surface area contributed by atoms with Crippen molar-refractivity contribution < 1.29 is 14.3 Å². The molecular weight excluding hydrogens is 495 g/mol. The van der Waals surface area contributed by atoms with E-state index >= 15 is 0 Å². The molecule has 0 bridgehead atoms. The first kappa shape index (κ1) is 26.5. The molecule has 0 spiro atoms. The Morgan fingerprint density at radius 3 is 2.37 bits per heavy atom. The Morgan fingerprint density at radius 2 is 1.80 bits per heavy atom. The van der Waals surface area contributed by atoms with Gasteiger partial charge < -0.3 is 25.0 Å². The summed E-state index contributed by atoms with van der Waals surface area (Å²) in [6.07, 6.45) is 2.30. The first-order chi connectivity index (χ1) is 13.8. The Bertz CT molecular complexity index is 670. The SMILES string of the molecule is CN=C(NCCOCC1CC1)NCc1ccc(CN(C)C(=O)OC(C)(C)C)cc1.I. The maximum atomic E-state index is 12.1. The van der Waals surface area contributed by atoms with Gasteiger partial charge in [-0.1, -0.05) is 24.3 Å². The highest BCUT2D eigenvalue weighted by Gasteiger charge is 2.21. The number of hydrogen-bond acceptors (Lipinski definition) is 4. The van der Waals surface area contributed by atoms with Crippen molar-refractivity contribution in [3.05, 3.63) is 35.4 Å². The van der Waals surface area contributed by atoms with E-state index in [1.807, 2.05) is 32.9 Å². The van der Waals surface area contributed by atoms with Crippen LogP contribution in [0.25, 0.3) is 0 Å². The first-order valence-electron chi connectivity index (χ1n) is 10.3. The van der Waals surface area contributed by atoms with Gasteiger partial charge in [0.05, 0.1) is 6.61 Å². The number of amides is 1. The quantitative estimate of drug-likeness (QED) is 0.219. The summed E-state index contributed by atoms with van der Waals surface area (Å²) in [6, 6.07) is 8.16. The van der Waals surface area contributed by atoms with Gasteiger partial charge in [0.2, 0.25) is 0 Å². The van der Waals surface area contributed by atoms with Crippen LogP contribution in [0.1, 0.15) is 44.7 Å². The lowest BCUT2D eigenvalue weighted by atomic mass is 10.1. The molecule has 0 radical (unpaired) electrons. The van der Waals surface area contributed by atoms with Crippen LogP contribution in [-0.4, -0.2) is 56.4 Å². The van der Waals surface area contributed by atoms with Crippen molar-refractivity contribution in [2.45, 2.75) is 52.3 Å². The van der Waals surface area contributed by atoms with Crippen LogP contribution in [0, 0.1) is 5.92 Å². The van der Waals surface area contributed by atoms with Crippen molar-refractivity contribution in [1.29, 1.82) is 0 Å². The largest absolute Gasteiger partial charge is 0.444 e. The molecule has 1 saturated carbocycles. The standard InChI is InChI=1S/C22H36N4O3.HI/c1-22(2,3)29-21(27)26(5)15-18-8-6-17(7-9-18)14-25-20(23-4)24-12-13-28-16-19-10-11-19;/h6-9,19H,10-16H2,1-5H3,(H2,23,24,25);1H. The maximum Gasteiger partial charge on any atom is 0.410 e. The number of nitrogens with zero attached hydrogens (tertiary/aromatic N) is 2. The van der Waals surface area contributed by atoms with Crippen molar-refractivity contribution in [3.63, 3.8) is 0 Å². The second-order valence-electron chi connectivity index (χ2n) is 8.52. The summed E-state index contributed by atoms with van der Waals surface area (Å²) in [5, 5.41) is 6.56. The lowest BCUT2D eigenvalue weighted by molar-refractivity contribution is 0.0285. The van der Waals surface area contributed by atoms with Crippen LogP contribution in [0.4, 0.5) is 4.79 Å². The summed E-state index contributed by atoms with van der Waals surface area (Å²) in [6.45, 7) is 9.08. The normalized spacial score (nSPS) is 14.0. The van der Waals surface area contributed by atoms with E-state index in [1.54, 1.807) is 19.0 Å². The molecule has 0 aromatic heterocycles. The fourth-order valence-electron chi connectivity index (χ4n) is 2.62. The van der Waals surface area contributed by atoms with E-state index in [9.17, 15) is 4.79 Å². The van der Waals surface area contributed by atoms with Crippen molar-refractivity contribution in [3.8, 4) is 0 Å². The van der Waals surface area contributed by atoms with E-state index in [-0.39, 0.29) is 30.1 Å². The monoisotopic (exact) mass is 532 g/mol. The third-order valence-electron chi connectivity index (χ3n) is 4.42. The Hall–Kier alpha value is -1.55. The Kier molecular flexibility index (Phi) is 11.5. The van der Waals surface area contributed by atoms with E-state index in [0.29, 0.717) is 19.7 Å². The van der Waals surface area contributed by atoms with Crippen molar-refractivity contribution >= 4 is 36.0 Å². The fraction of sp³-hybridized carbons (Fsp3) is 0.636. The van der Waals surface area contributed by atoms with E-state index in [1.165, 1.54) is 12.8 Å². The van der Waals surface area contributed by atoms with Gasteiger partial charge in [-0.05, 0) is 50.7 Å². The molecule has 1 fully saturated rings. The molecule has 0 saturated heterocycles. The number of nitrogens with one attached hydrogen (secondary N) is 2. The highest BCUT2D eigenvalue weighted by molar-refractivity contribution is 14.0. The number of carbonyl (C=O) groups is 1. The number of aliphatic imine (C=N–C) groups is 1. The Balaban J connectivity index is 0.00000450. The molecule has 1 aromatic carbocycles. The Morgan fingerprint density at radius 1 is 1.17 bits per heavy atom. The molecule has 1 aromatic rings. The smallest absolute Gasteiger partial charge is 0.410 e. The van der Waals surface area contributed by atoms with Crippen molar-refractivity contribution in [2.24, 2.45) is 10.9 Å². The van der Waals surface area contributed by atoms with Crippen LogP contribution in [0.2, 0.25) is 0 Å². The van der Waals surface area contributed by atoms with Gasteiger partial charge in [-0.2, -0.15) is 0 Å². The molecule has 0 heterocycles. The number of benzene rings is 1. The molecule has 2 rings (SSSR count). The second kappa shape index (κ2) is 13.0. The summed E-state index contributed by atoms with van der Waals surface area (Å²) < 4.78 is 11.0. The van der Waals surface area contributed by atoms with Crippen LogP contribution >= 0.6 is 24.0 Å². The number of hydrogen-bond donors (Lipinski definition) is 2. The molecule has 1 aliphatic carbocycles. The van der Waals surface area contributed by atoms with E-state index in [0.717, 1.165) is 36.2 Å². The second-order valence-corrected chi connectivity index (χ2v) is 8.52. The number of rotatable bonds is 9. The molecule has 0 aliphatic heterocycles. The maximum absolute atomic E-state index is 12.1. The van der Waals surface area contributed by atoms with E-state index < -0.39 is 5.60 Å². The van der Waals surface area contributed by atoms with Gasteiger partial charge in [0.1, 0.15) is 5.60 Å². The molecule has 1 aliphatic rings. The summed E-state index contributed by atoms with van der Waals surface area (Å²) in [7, 11) is 3.50. The predicted molar refractivity (Wildman–Crippen MR) is 131 cm³/mol. The zero-order valence-electron chi connectivity index (χ0n) is 18.9. The topological polar surface area (TPSA) is 75.2 Å². The van der Waals surface area contributed by atoms with Gasteiger partial charge in [0, 0.05) is 40.3 Å². The molecule has 0 atom stereocenters. The minimum Gasteiger partial charge on any atom is -0.444 e. The van der Waals surface area contributed by atoms with E-state index in [4.69, 9.17) is 9.47 Å². The highest BCUT2D eigenvalue weighted by atomic mass is 127. The fourth-order valence-corrected chi connectivity index (χ4v) is 2.62. The van der Waals surface area contributed by atoms with E-state index in [2.05, 4.69) is 27.8 Å². The van der Waals surface area contributed by atoms with Crippen LogP contribution in [0.3, 0.4) is 0 Å². The van der Waals surface area contributed by atoms with Crippen molar-refractivity contribution in [2.75, 3.05) is 33.9 Å². The molecule has 1 amide bonds. The average Bonchev–Trinajstić information content (AvgIpc) is 3.48. The molecule has 8 heteroatoms. The Labute approximate surface area is 198 Å². The summed E-state index contributed by atoms with van der Waals surface area (Å²) >= 11 is 0. The van der Waals surface area contributed by atoms with Gasteiger partial charge in [-0.3, -0.25) is 4.99 Å². The lowest BCUT2D eigenvalue weighted by Crippen LogP contribution is -2.38. The summed E-state index contributed by atoms with van der Waals surface area (Å²) in [5.74, 6) is 1.55. The third kappa shape index (κ3) is 11.0. The van der Waals surface area contributed by atoms with Crippen LogP contribution in [-0.2, 0) is 22.6 Å². The van der Waals surface area contributed by atoms with Gasteiger partial charge in [-0.15, -0.1) is 24.0 Å². The number of carbonyl (C=O) groups excluding carboxylic acids is 1. The van der Waals surface area contributed by atoms with Gasteiger partial charge in [-0.25, -0.2) is 4.79 Å². The number of ether oxygens (including phenoxy) is 2. The van der Waals surface area contributed by atoms with Crippen LogP contribution < -0.4 is 10.6 Å². The van der Waals surface area contributed by atoms with Gasteiger partial charge >= 0.3 is 6.09 Å². The molecule has 0 unspecified atom stereocenters. The number of halogens is 1. The third-order valence-corrected chi connectivity index (χ3v) is 4.42. The lowest BCUT2D eigenvalue weighted by Gasteiger charge is -2.24. The molecule has 170 valence electrons. The first-order valence-corrected chi connectivity index (χ1v) is 10.3. The zero-order valence-corrected chi connectivity index (χ0v) is 21.2. The zero-order chi connectivity index (χ0) is 21.3. The minimum absolute atomic E-state index is 0. The molecule has 30 heavy (non-hydrogen) atoms. The van der Waals surface area contributed by atoms with Crippen LogP contribution in [0.5, 0.6) is 0 Å². The molecule has 7 nitrogen and oxygen atoms in total. The predicted octanol–water partition coefficient (Wildman–Crippen LogP) is 3.76. The summed E-state index contributed by atoms with van der Waals surface area (Å²) in [5.41, 5.74) is 1.70. The van der Waals surface area contributed by atoms with Gasteiger partial charge in [0.25, 0.3) is 0 Å². The molecular formula is C22H37IN4O3. The molecule has 2 N–H and O–H groups in total. The summed E-state index contributed by atoms with van der Waals surface area (Å²) in [4.78, 5) is 17.9. The van der Waals surface area contributed by atoms with Crippen molar-refractivity contribution in [1.82, 2.24) is 15.5 Å².